The first-order valence-electron chi connectivity index (χ1n) is 4.67. The zero-order chi connectivity index (χ0) is 11.7. The Morgan fingerprint density at radius 2 is 2.12 bits per heavy atom. The summed E-state index contributed by atoms with van der Waals surface area (Å²) < 4.78 is 1.05. The maximum atomic E-state index is 8.77. The summed E-state index contributed by atoms with van der Waals surface area (Å²) in [4.78, 5) is 2.34. The fourth-order valence-corrected chi connectivity index (χ4v) is 3.41. The van der Waals surface area contributed by atoms with Crippen LogP contribution in [0.25, 0.3) is 10.4 Å². The second-order valence-electron chi connectivity index (χ2n) is 3.45. The van der Waals surface area contributed by atoms with Crippen molar-refractivity contribution in [3.05, 3.63) is 39.2 Å². The maximum Gasteiger partial charge on any atom is 0.0992 e. The van der Waals surface area contributed by atoms with Gasteiger partial charge in [0.15, 0.2) is 0 Å². The van der Waals surface area contributed by atoms with E-state index in [4.69, 9.17) is 11.0 Å². The van der Waals surface area contributed by atoms with Crippen LogP contribution in [-0.4, -0.2) is 0 Å². The zero-order valence-corrected chi connectivity index (χ0v) is 11.0. The van der Waals surface area contributed by atoms with Crippen LogP contribution in [-0.2, 0) is 0 Å². The van der Waals surface area contributed by atoms with Gasteiger partial charge in [0.1, 0.15) is 0 Å². The van der Waals surface area contributed by atoms with E-state index in [-0.39, 0.29) is 0 Å². The number of nitrogens with zero attached hydrogens (tertiary/aromatic N) is 1. The van der Waals surface area contributed by atoms with Crippen molar-refractivity contribution < 1.29 is 0 Å². The summed E-state index contributed by atoms with van der Waals surface area (Å²) in [6.07, 6.45) is 0. The van der Waals surface area contributed by atoms with Crippen molar-refractivity contribution >= 4 is 33.0 Å². The van der Waals surface area contributed by atoms with Crippen LogP contribution in [0.1, 0.15) is 10.4 Å². The molecule has 16 heavy (non-hydrogen) atoms. The van der Waals surface area contributed by atoms with Crippen LogP contribution in [0.15, 0.2) is 28.7 Å². The van der Waals surface area contributed by atoms with Crippen LogP contribution < -0.4 is 5.73 Å². The molecule has 2 aromatic rings. The Balaban J connectivity index is 2.57. The SMILES string of the molecule is Cc1cc(Br)c(-c2ccc(C#N)cc2N)s1. The van der Waals surface area contributed by atoms with E-state index in [1.165, 1.54) is 4.88 Å². The number of nitrogen functional groups attached to an aromatic ring is 1. The Kier molecular flexibility index (Phi) is 2.99. The van der Waals surface area contributed by atoms with Crippen molar-refractivity contribution in [3.63, 3.8) is 0 Å². The molecule has 0 radical (unpaired) electrons. The first-order chi connectivity index (χ1) is 7.61. The largest absolute Gasteiger partial charge is 0.398 e. The Labute approximate surface area is 106 Å². The molecule has 2 nitrogen and oxygen atoms in total. The summed E-state index contributed by atoms with van der Waals surface area (Å²) >= 11 is 5.20. The van der Waals surface area contributed by atoms with E-state index in [1.54, 1.807) is 23.5 Å². The number of anilines is 1. The predicted octanol–water partition coefficient (Wildman–Crippen LogP) is 3.94. The summed E-state index contributed by atoms with van der Waals surface area (Å²) in [6.45, 7) is 2.05. The molecule has 0 atom stereocenters. The molecular formula is C12H9BrN2S. The third kappa shape index (κ3) is 1.97. The Hall–Kier alpha value is -1.31. The molecule has 0 spiro atoms. The molecule has 0 aliphatic carbocycles. The lowest BCUT2D eigenvalue weighted by Crippen LogP contribution is -1.90. The lowest BCUT2D eigenvalue weighted by atomic mass is 10.1. The Morgan fingerprint density at radius 1 is 1.38 bits per heavy atom. The number of benzene rings is 1. The molecule has 2 rings (SSSR count). The van der Waals surface area contributed by atoms with Crippen LogP contribution in [0.5, 0.6) is 0 Å². The summed E-state index contributed by atoms with van der Waals surface area (Å²) in [7, 11) is 0. The van der Waals surface area contributed by atoms with E-state index in [2.05, 4.69) is 35.0 Å². The van der Waals surface area contributed by atoms with Crippen LogP contribution in [0.3, 0.4) is 0 Å². The lowest BCUT2D eigenvalue weighted by Gasteiger charge is -2.04. The van der Waals surface area contributed by atoms with Crippen LogP contribution in [0.2, 0.25) is 0 Å². The summed E-state index contributed by atoms with van der Waals surface area (Å²) in [5.74, 6) is 0. The highest BCUT2D eigenvalue weighted by molar-refractivity contribution is 9.10. The van der Waals surface area contributed by atoms with E-state index >= 15 is 0 Å². The van der Waals surface area contributed by atoms with Gasteiger partial charge in [0.25, 0.3) is 0 Å². The Bertz CT molecular complexity index is 581. The molecule has 1 aromatic heterocycles. The van der Waals surface area contributed by atoms with Crippen molar-refractivity contribution in [1.29, 1.82) is 5.26 Å². The summed E-state index contributed by atoms with van der Waals surface area (Å²) in [5.41, 5.74) is 8.15. The highest BCUT2D eigenvalue weighted by Gasteiger charge is 2.10. The first-order valence-corrected chi connectivity index (χ1v) is 6.28. The molecule has 0 aliphatic rings. The van der Waals surface area contributed by atoms with Crippen LogP contribution >= 0.6 is 27.3 Å². The standard InChI is InChI=1S/C12H9BrN2S/c1-7-4-10(13)12(16-7)9-3-2-8(6-14)5-11(9)15/h2-5H,15H2,1H3. The van der Waals surface area contributed by atoms with Gasteiger partial charge >= 0.3 is 0 Å². The average Bonchev–Trinajstić information content (AvgIpc) is 2.57. The molecule has 0 unspecified atom stereocenters. The van der Waals surface area contributed by atoms with Gasteiger partial charge < -0.3 is 5.73 Å². The van der Waals surface area contributed by atoms with Gasteiger partial charge in [0.05, 0.1) is 16.5 Å². The third-order valence-corrected chi connectivity index (χ3v) is 4.21. The molecule has 0 saturated heterocycles. The molecule has 1 aromatic carbocycles. The number of hydrogen-bond acceptors (Lipinski definition) is 3. The number of hydrogen-bond donors (Lipinski definition) is 1. The molecular weight excluding hydrogens is 284 g/mol. The normalized spacial score (nSPS) is 10.1. The molecule has 0 fully saturated rings. The minimum Gasteiger partial charge on any atom is -0.398 e. The number of thiophene rings is 1. The van der Waals surface area contributed by atoms with Crippen molar-refractivity contribution in [1.82, 2.24) is 0 Å². The molecule has 1 heterocycles. The third-order valence-electron chi connectivity index (χ3n) is 2.24. The van der Waals surface area contributed by atoms with E-state index < -0.39 is 0 Å². The van der Waals surface area contributed by atoms with Gasteiger partial charge in [-0.05, 0) is 41.1 Å². The topological polar surface area (TPSA) is 49.8 Å². The number of halogens is 1. The lowest BCUT2D eigenvalue weighted by molar-refractivity contribution is 1.48. The number of nitriles is 1. The minimum atomic E-state index is 0.589. The van der Waals surface area contributed by atoms with Gasteiger partial charge in [-0.25, -0.2) is 0 Å². The van der Waals surface area contributed by atoms with Gasteiger partial charge in [-0.15, -0.1) is 11.3 Å². The van der Waals surface area contributed by atoms with E-state index in [0.29, 0.717) is 11.3 Å². The first kappa shape index (κ1) is 11.2. The minimum absolute atomic E-state index is 0.589. The van der Waals surface area contributed by atoms with E-state index in [1.807, 2.05) is 6.07 Å². The Morgan fingerprint density at radius 3 is 2.62 bits per heavy atom. The molecule has 2 N–H and O–H groups in total. The van der Waals surface area contributed by atoms with Crippen molar-refractivity contribution in [2.45, 2.75) is 6.92 Å². The highest BCUT2D eigenvalue weighted by atomic mass is 79.9. The van der Waals surface area contributed by atoms with Crippen LogP contribution in [0, 0.1) is 18.3 Å². The van der Waals surface area contributed by atoms with Crippen LogP contribution in [0.4, 0.5) is 5.69 Å². The van der Waals surface area contributed by atoms with Crippen molar-refractivity contribution in [2.24, 2.45) is 0 Å². The molecule has 0 bridgehead atoms. The molecule has 4 heteroatoms. The van der Waals surface area contributed by atoms with Gasteiger partial charge in [0.2, 0.25) is 0 Å². The second kappa shape index (κ2) is 4.28. The molecule has 0 aliphatic heterocycles. The second-order valence-corrected chi connectivity index (χ2v) is 5.56. The van der Waals surface area contributed by atoms with E-state index in [0.717, 1.165) is 14.9 Å². The number of aryl methyl sites for hydroxylation is 1. The fraction of sp³-hybridized carbons (Fsp3) is 0.0833. The van der Waals surface area contributed by atoms with Gasteiger partial charge in [-0.2, -0.15) is 5.26 Å². The number of rotatable bonds is 1. The highest BCUT2D eigenvalue weighted by Crippen LogP contribution is 2.39. The summed E-state index contributed by atoms with van der Waals surface area (Å²) in [5, 5.41) is 8.77. The van der Waals surface area contributed by atoms with E-state index in [9.17, 15) is 0 Å². The summed E-state index contributed by atoms with van der Waals surface area (Å²) in [6, 6.07) is 9.53. The van der Waals surface area contributed by atoms with Gasteiger partial charge in [-0.3, -0.25) is 0 Å². The van der Waals surface area contributed by atoms with Crippen molar-refractivity contribution in [2.75, 3.05) is 5.73 Å². The molecule has 0 amide bonds. The number of nitrogens with two attached hydrogens (primary N) is 1. The fourth-order valence-electron chi connectivity index (χ4n) is 1.51. The quantitative estimate of drug-likeness (QED) is 0.810. The average molecular weight is 293 g/mol. The van der Waals surface area contributed by atoms with Crippen molar-refractivity contribution in [3.8, 4) is 16.5 Å². The van der Waals surface area contributed by atoms with Gasteiger partial charge in [-0.1, -0.05) is 6.07 Å². The monoisotopic (exact) mass is 292 g/mol. The van der Waals surface area contributed by atoms with Gasteiger partial charge in [0, 0.05) is 20.6 Å². The smallest absolute Gasteiger partial charge is 0.0992 e. The molecule has 80 valence electrons. The maximum absolute atomic E-state index is 8.77. The zero-order valence-electron chi connectivity index (χ0n) is 8.62. The molecule has 0 saturated carbocycles. The predicted molar refractivity (Wildman–Crippen MR) is 71.3 cm³/mol.